The minimum absolute atomic E-state index is 0.186. The minimum Gasteiger partial charge on any atom is -0.522 e. The molecular formula is C29H34BN5O6. The van der Waals surface area contributed by atoms with Crippen molar-refractivity contribution in [1.82, 2.24) is 20.6 Å². The number of carboxylic acid groups (broad SMARTS) is 1. The van der Waals surface area contributed by atoms with Gasteiger partial charge in [0.05, 0.1) is 18.2 Å². The van der Waals surface area contributed by atoms with E-state index in [1.807, 2.05) is 30.3 Å². The molecule has 41 heavy (non-hydrogen) atoms. The van der Waals surface area contributed by atoms with Gasteiger partial charge in [0.2, 0.25) is 0 Å². The zero-order valence-electron chi connectivity index (χ0n) is 23.0. The van der Waals surface area contributed by atoms with Crippen molar-refractivity contribution in [3.05, 3.63) is 83.9 Å². The lowest BCUT2D eigenvalue weighted by Crippen LogP contribution is -2.52. The zero-order chi connectivity index (χ0) is 28.9. The van der Waals surface area contributed by atoms with Crippen molar-refractivity contribution >= 4 is 19.0 Å². The van der Waals surface area contributed by atoms with Gasteiger partial charge < -0.3 is 30.2 Å². The second-order valence-corrected chi connectivity index (χ2v) is 10.8. The lowest BCUT2D eigenvalue weighted by atomic mass is 9.74. The van der Waals surface area contributed by atoms with Crippen LogP contribution in [0.15, 0.2) is 67.1 Å². The molecule has 2 aromatic carbocycles. The molecule has 3 unspecified atom stereocenters. The fraction of sp³-hybridized carbons (Fsp3) is 0.379. The number of carboxylic acids is 1. The fourth-order valence-electron chi connectivity index (χ4n) is 4.97. The van der Waals surface area contributed by atoms with Crippen molar-refractivity contribution < 1.29 is 28.7 Å². The summed E-state index contributed by atoms with van der Waals surface area (Å²) in [6.07, 6.45) is 5.35. The molecule has 11 nitrogen and oxygen atoms in total. The first-order chi connectivity index (χ1) is 19.8. The number of amides is 1. The lowest BCUT2D eigenvalue weighted by molar-refractivity contribution is -0.138. The number of benzene rings is 2. The molecule has 0 spiro atoms. The van der Waals surface area contributed by atoms with Gasteiger partial charge in [-0.05, 0) is 48.4 Å². The molecule has 5 N–H and O–H groups in total. The Morgan fingerprint density at radius 3 is 2.54 bits per heavy atom. The molecule has 2 aliphatic heterocycles. The first-order valence-electron chi connectivity index (χ1n) is 13.7. The van der Waals surface area contributed by atoms with Crippen molar-refractivity contribution in [2.24, 2.45) is 11.7 Å². The number of carbonyl (C=O) groups excluding carboxylic acids is 1. The molecule has 0 aliphatic carbocycles. The maximum absolute atomic E-state index is 12.9. The quantitative estimate of drug-likeness (QED) is 0.180. The summed E-state index contributed by atoms with van der Waals surface area (Å²) in [5.41, 5.74) is 7.77. The van der Waals surface area contributed by atoms with Gasteiger partial charge in [0.25, 0.3) is 5.91 Å². The number of fused-ring (bicyclic) bond motifs is 1. The molecule has 0 radical (unpaired) electrons. The van der Waals surface area contributed by atoms with E-state index in [1.54, 1.807) is 18.2 Å². The molecule has 214 valence electrons. The van der Waals surface area contributed by atoms with E-state index in [0.717, 1.165) is 17.5 Å². The van der Waals surface area contributed by atoms with Gasteiger partial charge in [0.15, 0.2) is 0 Å². The monoisotopic (exact) mass is 559 g/mol. The predicted molar refractivity (Wildman–Crippen MR) is 151 cm³/mol. The highest BCUT2D eigenvalue weighted by atomic mass is 16.6. The number of rotatable bonds is 13. The lowest BCUT2D eigenvalue weighted by Gasteiger charge is -2.21. The van der Waals surface area contributed by atoms with E-state index in [1.165, 1.54) is 18.6 Å². The number of nitrogens with one attached hydrogen (secondary N) is 2. The molecule has 1 fully saturated rings. The third kappa shape index (κ3) is 7.40. The zero-order valence-corrected chi connectivity index (χ0v) is 23.0. The van der Waals surface area contributed by atoms with Crippen LogP contribution in [0.5, 0.6) is 11.5 Å². The predicted octanol–water partition coefficient (Wildman–Crippen LogP) is 2.00. The van der Waals surface area contributed by atoms with Crippen molar-refractivity contribution in [3.8, 4) is 11.5 Å². The van der Waals surface area contributed by atoms with E-state index < -0.39 is 19.1 Å². The number of nitrogens with zero attached hydrogens (tertiary/aromatic N) is 2. The van der Waals surface area contributed by atoms with Gasteiger partial charge >= 0.3 is 13.1 Å². The second-order valence-electron chi connectivity index (χ2n) is 10.8. The number of epoxide rings is 1. The van der Waals surface area contributed by atoms with Crippen molar-refractivity contribution in [3.63, 3.8) is 0 Å². The standard InChI is InChI=1S/C29H34BN5O6/c1-17(2)12-25(30-40-23-9-8-19(15-24(23)41-30)13-20(31)29(37)38)35-28-26(39-28)21(14-18-6-4-3-5-7-18)34-27(36)22-16-32-10-11-33-22/h3-11,15-17,20-21,25-26,28,35H,12-14,31H2,1-2H3,(H,34,36)(H,37,38)/t20?,21-,25-,26?,28?/m0/s1. The Balaban J connectivity index is 1.26. The minimum atomic E-state index is -1.06. The molecule has 1 saturated heterocycles. The number of nitrogens with two attached hydrogens (primary N) is 1. The van der Waals surface area contributed by atoms with Crippen LogP contribution in [0.3, 0.4) is 0 Å². The smallest absolute Gasteiger partial charge is 0.522 e. The number of carbonyl (C=O) groups is 2. The SMILES string of the molecule is CC(C)C[C@H](NC1OC1[C@H](Cc1ccccc1)NC(=O)c1cnccn1)B1Oc2ccc(CC(N)C(=O)O)cc2O1. The Hall–Kier alpha value is -4.00. The summed E-state index contributed by atoms with van der Waals surface area (Å²) >= 11 is 0. The highest BCUT2D eigenvalue weighted by Gasteiger charge is 2.50. The third-order valence-electron chi connectivity index (χ3n) is 7.03. The largest absolute Gasteiger partial charge is 0.613 e. The number of hydrogen-bond donors (Lipinski definition) is 4. The van der Waals surface area contributed by atoms with E-state index in [9.17, 15) is 9.59 Å². The van der Waals surface area contributed by atoms with Crippen molar-refractivity contribution in [1.29, 1.82) is 0 Å². The average molecular weight is 559 g/mol. The molecule has 1 aromatic heterocycles. The average Bonchev–Trinajstić information content (AvgIpc) is 3.59. The Kier molecular flexibility index (Phi) is 8.82. The molecule has 12 heteroatoms. The molecule has 5 atom stereocenters. The van der Waals surface area contributed by atoms with Gasteiger partial charge in [-0.15, -0.1) is 0 Å². The van der Waals surface area contributed by atoms with Crippen LogP contribution in [0.4, 0.5) is 0 Å². The molecular weight excluding hydrogens is 525 g/mol. The highest BCUT2D eigenvalue weighted by Crippen LogP contribution is 2.36. The van der Waals surface area contributed by atoms with E-state index >= 15 is 0 Å². The number of hydrogen-bond acceptors (Lipinski definition) is 9. The normalized spacial score (nSPS) is 19.5. The second kappa shape index (κ2) is 12.7. The van der Waals surface area contributed by atoms with E-state index in [0.29, 0.717) is 23.8 Å². The van der Waals surface area contributed by atoms with Gasteiger partial charge in [-0.1, -0.05) is 50.2 Å². The number of ether oxygens (including phenoxy) is 1. The highest BCUT2D eigenvalue weighted by molar-refractivity contribution is 6.49. The first kappa shape index (κ1) is 28.5. The molecule has 5 rings (SSSR count). The third-order valence-corrected chi connectivity index (χ3v) is 7.03. The number of aromatic nitrogens is 2. The van der Waals surface area contributed by atoms with Gasteiger partial charge in [-0.2, -0.15) is 0 Å². The first-order valence-corrected chi connectivity index (χ1v) is 13.7. The van der Waals surface area contributed by atoms with Crippen LogP contribution in [0.2, 0.25) is 0 Å². The topological polar surface area (TPSA) is 161 Å². The van der Waals surface area contributed by atoms with Crippen LogP contribution in [0.25, 0.3) is 0 Å². The molecule has 0 bridgehead atoms. The van der Waals surface area contributed by atoms with Gasteiger partial charge in [0, 0.05) is 12.4 Å². The number of aliphatic carboxylic acids is 1. The molecule has 0 saturated carbocycles. The van der Waals surface area contributed by atoms with E-state index in [4.69, 9.17) is 24.9 Å². The Morgan fingerprint density at radius 2 is 1.83 bits per heavy atom. The summed E-state index contributed by atoms with van der Waals surface area (Å²) in [5, 5.41) is 15.8. The summed E-state index contributed by atoms with van der Waals surface area (Å²) < 4.78 is 18.4. The molecule has 3 aromatic rings. The Bertz CT molecular complexity index is 1350. The van der Waals surface area contributed by atoms with Crippen LogP contribution < -0.4 is 25.7 Å². The van der Waals surface area contributed by atoms with Crippen LogP contribution in [0.1, 0.15) is 41.9 Å². The summed E-state index contributed by atoms with van der Waals surface area (Å²) in [7, 11) is -0.609. The van der Waals surface area contributed by atoms with E-state index in [2.05, 4.69) is 34.4 Å². The summed E-state index contributed by atoms with van der Waals surface area (Å²) in [4.78, 5) is 32.2. The Morgan fingerprint density at radius 1 is 1.05 bits per heavy atom. The van der Waals surface area contributed by atoms with Gasteiger partial charge in [-0.25, -0.2) is 4.98 Å². The van der Waals surface area contributed by atoms with Crippen LogP contribution >= 0.6 is 0 Å². The van der Waals surface area contributed by atoms with Crippen LogP contribution in [-0.2, 0) is 22.4 Å². The van der Waals surface area contributed by atoms with Gasteiger partial charge in [0.1, 0.15) is 35.6 Å². The maximum Gasteiger partial charge on any atom is 0.613 e. The van der Waals surface area contributed by atoms with E-state index in [-0.39, 0.29) is 42.3 Å². The fourth-order valence-corrected chi connectivity index (χ4v) is 4.97. The molecule has 1 amide bonds. The molecule has 3 heterocycles. The van der Waals surface area contributed by atoms with Crippen molar-refractivity contribution in [2.75, 3.05) is 0 Å². The van der Waals surface area contributed by atoms with Gasteiger partial charge in [-0.3, -0.25) is 19.9 Å². The summed E-state index contributed by atoms with van der Waals surface area (Å²) in [5.74, 6) is -0.115. The Labute approximate surface area is 239 Å². The summed E-state index contributed by atoms with van der Waals surface area (Å²) in [6, 6.07) is 14.0. The van der Waals surface area contributed by atoms with Crippen LogP contribution in [0, 0.1) is 5.92 Å². The van der Waals surface area contributed by atoms with Crippen LogP contribution in [-0.4, -0.2) is 64.4 Å². The molecule has 2 aliphatic rings. The maximum atomic E-state index is 12.9. The van der Waals surface area contributed by atoms with Crippen molar-refractivity contribution in [2.45, 2.75) is 63.5 Å². The summed E-state index contributed by atoms with van der Waals surface area (Å²) in [6.45, 7) is 4.24.